The molecule has 0 saturated heterocycles. The van der Waals surface area contributed by atoms with E-state index in [9.17, 15) is 4.79 Å². The molecule has 1 amide bonds. The first-order valence-electron chi connectivity index (χ1n) is 4.38. The highest BCUT2D eigenvalue weighted by atomic mass is 79.9. The van der Waals surface area contributed by atoms with E-state index in [2.05, 4.69) is 21.2 Å². The number of benzene rings is 1. The normalized spacial score (nSPS) is 12.3. The summed E-state index contributed by atoms with van der Waals surface area (Å²) in [6.07, 6.45) is 0. The van der Waals surface area contributed by atoms with Crippen molar-refractivity contribution in [3.8, 4) is 0 Å². The van der Waals surface area contributed by atoms with E-state index < -0.39 is 0 Å². The van der Waals surface area contributed by atoms with E-state index in [0.29, 0.717) is 17.1 Å². The van der Waals surface area contributed by atoms with Gasteiger partial charge in [0.15, 0.2) is 0 Å². The van der Waals surface area contributed by atoms with Crippen LogP contribution in [0.4, 0.5) is 0 Å². The smallest absolute Gasteiger partial charge is 0.252 e. The Balaban J connectivity index is 2.77. The van der Waals surface area contributed by atoms with E-state index in [1.54, 1.807) is 18.2 Å². The lowest BCUT2D eigenvalue weighted by Gasteiger charge is -2.08. The zero-order valence-corrected chi connectivity index (χ0v) is 11.2. The van der Waals surface area contributed by atoms with Crippen LogP contribution in [-0.2, 0) is 0 Å². The summed E-state index contributed by atoms with van der Waals surface area (Å²) < 4.78 is 0.816. The van der Waals surface area contributed by atoms with Crippen LogP contribution in [0.15, 0.2) is 22.7 Å². The molecule has 15 heavy (non-hydrogen) atoms. The molecule has 1 aromatic carbocycles. The molecule has 1 N–H and O–H groups in total. The molecule has 0 bridgehead atoms. The van der Waals surface area contributed by atoms with Crippen LogP contribution >= 0.6 is 39.1 Å². The molecule has 2 nitrogen and oxygen atoms in total. The molecule has 0 spiro atoms. The number of hydrogen-bond donors (Lipinski definition) is 1. The lowest BCUT2D eigenvalue weighted by atomic mass is 10.2. The average Bonchev–Trinajstić information content (AvgIpc) is 2.18. The Bertz CT molecular complexity index is 368. The maximum Gasteiger partial charge on any atom is 0.252 e. The molecule has 5 heteroatoms. The third kappa shape index (κ3) is 4.01. The summed E-state index contributed by atoms with van der Waals surface area (Å²) in [4.78, 5) is 11.6. The highest BCUT2D eigenvalue weighted by molar-refractivity contribution is 9.10. The van der Waals surface area contributed by atoms with Gasteiger partial charge < -0.3 is 5.32 Å². The first-order chi connectivity index (χ1) is 7.00. The van der Waals surface area contributed by atoms with Crippen molar-refractivity contribution in [3.05, 3.63) is 33.3 Å². The van der Waals surface area contributed by atoms with Gasteiger partial charge in [0.1, 0.15) is 0 Å². The second-order valence-corrected chi connectivity index (χ2v) is 5.18. The first kappa shape index (κ1) is 12.8. The summed E-state index contributed by atoms with van der Waals surface area (Å²) in [5, 5.41) is 3.02. The van der Waals surface area contributed by atoms with Crippen molar-refractivity contribution in [2.45, 2.75) is 12.3 Å². The van der Waals surface area contributed by atoms with Gasteiger partial charge in [0, 0.05) is 16.4 Å². The van der Waals surface area contributed by atoms with Crippen LogP contribution in [0.25, 0.3) is 0 Å². The van der Waals surface area contributed by atoms with Gasteiger partial charge in [0.25, 0.3) is 5.91 Å². The lowest BCUT2D eigenvalue weighted by Crippen LogP contribution is -2.28. The summed E-state index contributed by atoms with van der Waals surface area (Å²) >= 11 is 14.9. The Labute approximate surface area is 107 Å². The lowest BCUT2D eigenvalue weighted by molar-refractivity contribution is 0.0954. The molecule has 0 aliphatic carbocycles. The minimum atomic E-state index is -0.214. The van der Waals surface area contributed by atoms with Gasteiger partial charge in [0.05, 0.1) is 10.6 Å². The largest absolute Gasteiger partial charge is 0.351 e. The SMILES string of the molecule is CC(Cl)CNC(=O)c1cc(Br)ccc1Cl. The Kier molecular flexibility index (Phi) is 4.90. The van der Waals surface area contributed by atoms with E-state index in [1.807, 2.05) is 6.92 Å². The minimum absolute atomic E-state index is 0.0973. The van der Waals surface area contributed by atoms with E-state index in [1.165, 1.54) is 0 Å². The number of rotatable bonds is 3. The summed E-state index contributed by atoms with van der Waals surface area (Å²) in [6.45, 7) is 2.23. The highest BCUT2D eigenvalue weighted by Gasteiger charge is 2.10. The van der Waals surface area contributed by atoms with Gasteiger partial charge >= 0.3 is 0 Å². The van der Waals surface area contributed by atoms with Crippen molar-refractivity contribution in [2.75, 3.05) is 6.54 Å². The minimum Gasteiger partial charge on any atom is -0.351 e. The van der Waals surface area contributed by atoms with Gasteiger partial charge in [-0.15, -0.1) is 11.6 Å². The summed E-state index contributed by atoms with van der Waals surface area (Å²) in [6, 6.07) is 5.13. The maximum atomic E-state index is 11.6. The van der Waals surface area contributed by atoms with Crippen molar-refractivity contribution in [1.82, 2.24) is 5.32 Å². The van der Waals surface area contributed by atoms with Crippen LogP contribution in [0.2, 0.25) is 5.02 Å². The quantitative estimate of drug-likeness (QED) is 0.851. The number of alkyl halides is 1. The highest BCUT2D eigenvalue weighted by Crippen LogP contribution is 2.20. The Morgan fingerprint density at radius 1 is 1.60 bits per heavy atom. The fraction of sp³-hybridized carbons (Fsp3) is 0.300. The zero-order valence-electron chi connectivity index (χ0n) is 8.06. The monoisotopic (exact) mass is 309 g/mol. The summed E-state index contributed by atoms with van der Waals surface area (Å²) in [7, 11) is 0. The third-order valence-electron chi connectivity index (χ3n) is 1.72. The van der Waals surface area contributed by atoms with E-state index in [-0.39, 0.29) is 11.3 Å². The Morgan fingerprint density at radius 2 is 2.27 bits per heavy atom. The molecule has 0 radical (unpaired) electrons. The number of amides is 1. The van der Waals surface area contributed by atoms with Crippen LogP contribution in [-0.4, -0.2) is 17.8 Å². The van der Waals surface area contributed by atoms with Gasteiger partial charge in [-0.3, -0.25) is 4.79 Å². The standard InChI is InChI=1S/C10H10BrCl2NO/c1-6(12)5-14-10(15)8-4-7(11)2-3-9(8)13/h2-4,6H,5H2,1H3,(H,14,15). The van der Waals surface area contributed by atoms with Crippen LogP contribution in [0.1, 0.15) is 17.3 Å². The molecule has 0 saturated carbocycles. The fourth-order valence-electron chi connectivity index (χ4n) is 1.00. The van der Waals surface area contributed by atoms with Crippen molar-refractivity contribution in [3.63, 3.8) is 0 Å². The average molecular weight is 311 g/mol. The van der Waals surface area contributed by atoms with Crippen molar-refractivity contribution in [2.24, 2.45) is 0 Å². The van der Waals surface area contributed by atoms with E-state index >= 15 is 0 Å². The molecule has 1 rings (SSSR count). The van der Waals surface area contributed by atoms with Gasteiger partial charge in [-0.1, -0.05) is 27.5 Å². The number of hydrogen-bond acceptors (Lipinski definition) is 1. The van der Waals surface area contributed by atoms with Gasteiger partial charge in [-0.25, -0.2) is 0 Å². The number of carbonyl (C=O) groups is 1. The summed E-state index contributed by atoms with van der Waals surface area (Å²) in [5.41, 5.74) is 0.448. The second kappa shape index (κ2) is 5.73. The maximum absolute atomic E-state index is 11.6. The third-order valence-corrected chi connectivity index (χ3v) is 2.69. The molecule has 0 aromatic heterocycles. The van der Waals surface area contributed by atoms with E-state index in [0.717, 1.165) is 4.47 Å². The predicted molar refractivity (Wildman–Crippen MR) is 66.8 cm³/mol. The van der Waals surface area contributed by atoms with Crippen molar-refractivity contribution < 1.29 is 4.79 Å². The molecule has 0 heterocycles. The molecule has 0 aliphatic rings. The summed E-state index contributed by atoms with van der Waals surface area (Å²) in [5.74, 6) is -0.214. The van der Waals surface area contributed by atoms with Crippen LogP contribution in [0, 0.1) is 0 Å². The molecular formula is C10H10BrCl2NO. The van der Waals surface area contributed by atoms with Crippen molar-refractivity contribution in [1.29, 1.82) is 0 Å². The predicted octanol–water partition coefficient (Wildman–Crippen LogP) is 3.46. The molecular weight excluding hydrogens is 301 g/mol. The van der Waals surface area contributed by atoms with Crippen LogP contribution in [0.3, 0.4) is 0 Å². The topological polar surface area (TPSA) is 29.1 Å². The van der Waals surface area contributed by atoms with E-state index in [4.69, 9.17) is 23.2 Å². The fourth-order valence-corrected chi connectivity index (χ4v) is 1.64. The van der Waals surface area contributed by atoms with Crippen LogP contribution in [0.5, 0.6) is 0 Å². The molecule has 0 aliphatic heterocycles. The van der Waals surface area contributed by atoms with Crippen LogP contribution < -0.4 is 5.32 Å². The first-order valence-corrected chi connectivity index (χ1v) is 5.98. The van der Waals surface area contributed by atoms with Crippen molar-refractivity contribution >= 4 is 45.0 Å². The second-order valence-electron chi connectivity index (χ2n) is 3.11. The Hall–Kier alpha value is -0.250. The molecule has 82 valence electrons. The Morgan fingerprint density at radius 3 is 2.87 bits per heavy atom. The molecule has 1 unspecified atom stereocenters. The zero-order chi connectivity index (χ0) is 11.4. The molecule has 1 aromatic rings. The molecule has 1 atom stereocenters. The van der Waals surface area contributed by atoms with Gasteiger partial charge in [-0.2, -0.15) is 0 Å². The number of nitrogens with one attached hydrogen (secondary N) is 1. The number of carbonyl (C=O) groups excluding carboxylic acids is 1. The molecule has 0 fully saturated rings. The number of halogens is 3. The van der Waals surface area contributed by atoms with Gasteiger partial charge in [-0.05, 0) is 25.1 Å². The van der Waals surface area contributed by atoms with Gasteiger partial charge in [0.2, 0.25) is 0 Å².